The molecule has 0 fully saturated rings. The van der Waals surface area contributed by atoms with E-state index in [4.69, 9.17) is 9.15 Å². The van der Waals surface area contributed by atoms with Gasteiger partial charge in [0.2, 0.25) is 0 Å². The first-order valence-corrected chi connectivity index (χ1v) is 5.77. The van der Waals surface area contributed by atoms with E-state index in [2.05, 4.69) is 31.1 Å². The minimum Gasteiger partial charge on any atom is -0.443 e. The van der Waals surface area contributed by atoms with Crippen LogP contribution in [0.15, 0.2) is 10.6 Å². The summed E-state index contributed by atoms with van der Waals surface area (Å²) in [5.74, 6) is 1.57. The zero-order valence-corrected chi connectivity index (χ0v) is 10.7. The zero-order valence-electron chi connectivity index (χ0n) is 10.7. The monoisotopic (exact) mass is 226 g/mol. The Balaban J connectivity index is 2.29. The Kier molecular flexibility index (Phi) is 4.96. The fraction of sp³-hybridized carbons (Fsp3) is 0.750. The van der Waals surface area contributed by atoms with E-state index >= 15 is 0 Å². The number of hydrogen-bond donors (Lipinski definition) is 1. The Labute approximate surface area is 97.4 Å². The molecule has 0 saturated heterocycles. The van der Waals surface area contributed by atoms with Gasteiger partial charge < -0.3 is 14.5 Å². The maximum atomic E-state index is 5.52. The lowest BCUT2D eigenvalue weighted by atomic mass is 10.1. The first-order valence-electron chi connectivity index (χ1n) is 5.77. The van der Waals surface area contributed by atoms with E-state index < -0.39 is 0 Å². The predicted molar refractivity (Wildman–Crippen MR) is 63.3 cm³/mol. The average molecular weight is 226 g/mol. The largest absolute Gasteiger partial charge is 0.443 e. The molecule has 16 heavy (non-hydrogen) atoms. The maximum absolute atomic E-state index is 5.52. The van der Waals surface area contributed by atoms with Crippen LogP contribution in [0.2, 0.25) is 0 Å². The molecule has 4 heteroatoms. The van der Waals surface area contributed by atoms with E-state index in [1.165, 1.54) is 0 Å². The Bertz CT molecular complexity index is 302. The minimum atomic E-state index is 0.140. The molecule has 1 rings (SSSR count). The summed E-state index contributed by atoms with van der Waals surface area (Å²) in [5.41, 5.74) is 0.140. The quantitative estimate of drug-likeness (QED) is 0.807. The van der Waals surface area contributed by atoms with E-state index in [1.54, 1.807) is 6.20 Å². The molecule has 0 unspecified atom stereocenters. The second kappa shape index (κ2) is 6.01. The number of nitrogens with zero attached hydrogens (tertiary/aromatic N) is 1. The van der Waals surface area contributed by atoms with Crippen molar-refractivity contribution in [1.29, 1.82) is 0 Å². The van der Waals surface area contributed by atoms with Crippen molar-refractivity contribution in [3.05, 3.63) is 17.8 Å². The Morgan fingerprint density at radius 3 is 2.81 bits per heavy atom. The highest BCUT2D eigenvalue weighted by Gasteiger charge is 2.09. The standard InChI is InChI=1S/C12H22N2O2/c1-5-15-9-10-8-13-11(16-10)6-7-14-12(2,3)4/h8,14H,5-7,9H2,1-4H3. The van der Waals surface area contributed by atoms with Crippen molar-refractivity contribution < 1.29 is 9.15 Å². The van der Waals surface area contributed by atoms with Crippen molar-refractivity contribution in [2.45, 2.75) is 46.3 Å². The lowest BCUT2D eigenvalue weighted by Gasteiger charge is -2.19. The number of rotatable bonds is 6. The van der Waals surface area contributed by atoms with E-state index in [-0.39, 0.29) is 5.54 Å². The number of aromatic nitrogens is 1. The van der Waals surface area contributed by atoms with Gasteiger partial charge in [0.25, 0.3) is 0 Å². The van der Waals surface area contributed by atoms with Crippen LogP contribution in [0.25, 0.3) is 0 Å². The molecule has 0 bridgehead atoms. The minimum absolute atomic E-state index is 0.140. The molecule has 1 aromatic heterocycles. The summed E-state index contributed by atoms with van der Waals surface area (Å²) in [6.07, 6.45) is 2.55. The van der Waals surface area contributed by atoms with Gasteiger partial charge in [-0.25, -0.2) is 4.98 Å². The first kappa shape index (κ1) is 13.2. The lowest BCUT2D eigenvalue weighted by molar-refractivity contribution is 0.117. The molecule has 1 N–H and O–H groups in total. The normalized spacial score (nSPS) is 12.0. The maximum Gasteiger partial charge on any atom is 0.195 e. The molecule has 1 heterocycles. The van der Waals surface area contributed by atoms with Crippen LogP contribution in [0.4, 0.5) is 0 Å². The summed E-state index contributed by atoms with van der Waals surface area (Å²) in [5, 5.41) is 3.39. The summed E-state index contributed by atoms with van der Waals surface area (Å²) in [6.45, 7) is 10.5. The zero-order chi connectivity index (χ0) is 12.0. The number of oxazole rings is 1. The van der Waals surface area contributed by atoms with E-state index in [9.17, 15) is 0 Å². The van der Waals surface area contributed by atoms with Gasteiger partial charge in [-0.1, -0.05) is 0 Å². The molecule has 0 aliphatic carbocycles. The van der Waals surface area contributed by atoms with Crippen LogP contribution in [-0.4, -0.2) is 23.7 Å². The van der Waals surface area contributed by atoms with Gasteiger partial charge in [-0.15, -0.1) is 0 Å². The number of hydrogen-bond acceptors (Lipinski definition) is 4. The van der Waals surface area contributed by atoms with E-state index in [0.29, 0.717) is 13.2 Å². The third-order valence-corrected chi connectivity index (χ3v) is 2.04. The number of ether oxygens (including phenoxy) is 1. The predicted octanol–water partition coefficient (Wildman–Crippen LogP) is 2.14. The van der Waals surface area contributed by atoms with Gasteiger partial charge in [-0.2, -0.15) is 0 Å². The molecule has 0 atom stereocenters. The SMILES string of the molecule is CCOCc1cnc(CCNC(C)(C)C)o1. The van der Waals surface area contributed by atoms with Crippen molar-refractivity contribution in [1.82, 2.24) is 10.3 Å². The molecule has 1 aromatic rings. The Morgan fingerprint density at radius 2 is 2.19 bits per heavy atom. The Hall–Kier alpha value is -0.870. The van der Waals surface area contributed by atoms with Gasteiger partial charge in [0, 0.05) is 25.1 Å². The molecule has 0 amide bonds. The highest BCUT2D eigenvalue weighted by atomic mass is 16.5. The smallest absolute Gasteiger partial charge is 0.195 e. The van der Waals surface area contributed by atoms with Gasteiger partial charge in [-0.05, 0) is 27.7 Å². The molecule has 0 aliphatic heterocycles. The van der Waals surface area contributed by atoms with Crippen molar-refractivity contribution in [2.24, 2.45) is 0 Å². The van der Waals surface area contributed by atoms with Crippen molar-refractivity contribution in [3.63, 3.8) is 0 Å². The van der Waals surface area contributed by atoms with Crippen LogP contribution in [0, 0.1) is 0 Å². The summed E-state index contributed by atoms with van der Waals surface area (Å²) >= 11 is 0. The molecule has 92 valence electrons. The fourth-order valence-electron chi connectivity index (χ4n) is 1.28. The van der Waals surface area contributed by atoms with Gasteiger partial charge >= 0.3 is 0 Å². The van der Waals surface area contributed by atoms with Crippen LogP contribution < -0.4 is 5.32 Å². The lowest BCUT2D eigenvalue weighted by Crippen LogP contribution is -2.37. The van der Waals surface area contributed by atoms with Crippen LogP contribution in [0.5, 0.6) is 0 Å². The summed E-state index contributed by atoms with van der Waals surface area (Å²) < 4.78 is 10.8. The first-order chi connectivity index (χ1) is 7.51. The Morgan fingerprint density at radius 1 is 1.44 bits per heavy atom. The third-order valence-electron chi connectivity index (χ3n) is 2.04. The molecular formula is C12H22N2O2. The molecule has 0 radical (unpaired) electrons. The highest BCUT2D eigenvalue weighted by molar-refractivity contribution is 4.93. The van der Waals surface area contributed by atoms with E-state index in [1.807, 2.05) is 6.92 Å². The third kappa shape index (κ3) is 5.28. The van der Waals surface area contributed by atoms with Gasteiger partial charge in [0.05, 0.1) is 6.20 Å². The van der Waals surface area contributed by atoms with E-state index in [0.717, 1.165) is 24.6 Å². The molecular weight excluding hydrogens is 204 g/mol. The van der Waals surface area contributed by atoms with Crippen LogP contribution in [0.3, 0.4) is 0 Å². The van der Waals surface area contributed by atoms with Crippen LogP contribution in [-0.2, 0) is 17.8 Å². The summed E-state index contributed by atoms with van der Waals surface area (Å²) in [4.78, 5) is 4.20. The average Bonchev–Trinajstić information content (AvgIpc) is 2.61. The molecule has 0 aliphatic rings. The van der Waals surface area contributed by atoms with Gasteiger partial charge in [0.1, 0.15) is 12.4 Å². The fourth-order valence-corrected chi connectivity index (χ4v) is 1.28. The van der Waals surface area contributed by atoms with Crippen molar-refractivity contribution >= 4 is 0 Å². The van der Waals surface area contributed by atoms with Gasteiger partial charge in [0.15, 0.2) is 5.89 Å². The molecule has 0 spiro atoms. The molecule has 0 saturated carbocycles. The van der Waals surface area contributed by atoms with Gasteiger partial charge in [-0.3, -0.25) is 0 Å². The number of nitrogens with one attached hydrogen (secondary N) is 1. The van der Waals surface area contributed by atoms with Crippen LogP contribution in [0.1, 0.15) is 39.3 Å². The summed E-state index contributed by atoms with van der Waals surface area (Å²) in [6, 6.07) is 0. The summed E-state index contributed by atoms with van der Waals surface area (Å²) in [7, 11) is 0. The molecule has 0 aromatic carbocycles. The van der Waals surface area contributed by atoms with Crippen molar-refractivity contribution in [2.75, 3.05) is 13.2 Å². The second-order valence-electron chi connectivity index (χ2n) is 4.78. The topological polar surface area (TPSA) is 47.3 Å². The van der Waals surface area contributed by atoms with Crippen molar-refractivity contribution in [3.8, 4) is 0 Å². The van der Waals surface area contributed by atoms with Crippen LogP contribution >= 0.6 is 0 Å². The second-order valence-corrected chi connectivity index (χ2v) is 4.78. The molecule has 4 nitrogen and oxygen atoms in total. The highest BCUT2D eigenvalue weighted by Crippen LogP contribution is 2.06.